The van der Waals surface area contributed by atoms with Crippen LogP contribution in [0.5, 0.6) is 0 Å². The Morgan fingerprint density at radius 3 is 2.40 bits per heavy atom. The maximum atomic E-state index is 11.0. The molecule has 0 N–H and O–H groups in total. The summed E-state index contributed by atoms with van der Waals surface area (Å²) in [7, 11) is 0. The molecule has 0 atom stereocenters. The highest BCUT2D eigenvalue weighted by atomic mass is 79.9. The van der Waals surface area contributed by atoms with E-state index >= 15 is 0 Å². The van der Waals surface area contributed by atoms with Gasteiger partial charge in [0.1, 0.15) is 0 Å². The van der Waals surface area contributed by atoms with E-state index in [0.29, 0.717) is 9.63 Å². The van der Waals surface area contributed by atoms with Gasteiger partial charge in [-0.1, -0.05) is 0 Å². The second-order valence-electron chi connectivity index (χ2n) is 4.14. The number of aryl methyl sites for hydroxylation is 2. The van der Waals surface area contributed by atoms with Crippen LogP contribution >= 0.6 is 27.7 Å². The predicted molar refractivity (Wildman–Crippen MR) is 79.0 cm³/mol. The third-order valence-electron chi connectivity index (χ3n) is 2.80. The molecule has 0 spiro atoms. The van der Waals surface area contributed by atoms with Crippen molar-refractivity contribution in [3.05, 3.63) is 43.8 Å². The zero-order valence-corrected chi connectivity index (χ0v) is 13.4. The van der Waals surface area contributed by atoms with E-state index in [9.17, 15) is 10.1 Å². The van der Waals surface area contributed by atoms with Gasteiger partial charge in [0.15, 0.2) is 10.2 Å². The highest BCUT2D eigenvalue weighted by molar-refractivity contribution is 9.10. The molecule has 2 aromatic heterocycles. The van der Waals surface area contributed by atoms with Gasteiger partial charge in [-0.25, -0.2) is 15.0 Å². The molecule has 0 amide bonds. The van der Waals surface area contributed by atoms with Gasteiger partial charge < -0.3 is 0 Å². The van der Waals surface area contributed by atoms with Gasteiger partial charge in [0.05, 0.1) is 4.92 Å². The van der Waals surface area contributed by atoms with E-state index in [1.54, 1.807) is 0 Å². The molecule has 0 saturated carbocycles. The number of nitro groups is 1. The smallest absolute Gasteiger partial charge is 0.258 e. The summed E-state index contributed by atoms with van der Waals surface area (Å²) in [6, 6.07) is 1.42. The molecular weight excluding hydrogens is 344 g/mol. The van der Waals surface area contributed by atoms with E-state index in [1.807, 2.05) is 20.8 Å². The number of halogens is 1. The van der Waals surface area contributed by atoms with E-state index in [2.05, 4.69) is 30.9 Å². The summed E-state index contributed by atoms with van der Waals surface area (Å²) < 4.78 is 0.561. The van der Waals surface area contributed by atoms with Crippen LogP contribution in [0.15, 0.2) is 26.9 Å². The first kappa shape index (κ1) is 14.9. The first-order valence-corrected chi connectivity index (χ1v) is 7.29. The number of rotatable bonds is 3. The molecule has 2 heterocycles. The van der Waals surface area contributed by atoms with Crippen molar-refractivity contribution in [2.75, 3.05) is 0 Å². The first-order chi connectivity index (χ1) is 9.38. The van der Waals surface area contributed by atoms with Gasteiger partial charge in [-0.2, -0.15) is 0 Å². The summed E-state index contributed by atoms with van der Waals surface area (Å²) in [6.07, 6.45) is 1.52. The highest BCUT2D eigenvalue weighted by Crippen LogP contribution is 2.33. The molecule has 0 aliphatic carbocycles. The molecule has 6 nitrogen and oxygen atoms in total. The third kappa shape index (κ3) is 3.13. The van der Waals surface area contributed by atoms with Crippen molar-refractivity contribution in [1.29, 1.82) is 0 Å². The average molecular weight is 355 g/mol. The molecule has 0 radical (unpaired) electrons. The number of hydrogen-bond acceptors (Lipinski definition) is 6. The van der Waals surface area contributed by atoms with E-state index in [-0.39, 0.29) is 10.7 Å². The van der Waals surface area contributed by atoms with E-state index in [1.165, 1.54) is 12.3 Å². The van der Waals surface area contributed by atoms with Crippen LogP contribution < -0.4 is 0 Å². The van der Waals surface area contributed by atoms with Crippen LogP contribution in [0.4, 0.5) is 5.69 Å². The summed E-state index contributed by atoms with van der Waals surface area (Å²) in [5.74, 6) is 0. The Morgan fingerprint density at radius 1 is 1.25 bits per heavy atom. The summed E-state index contributed by atoms with van der Waals surface area (Å²) in [5, 5.41) is 11.8. The lowest BCUT2D eigenvalue weighted by Crippen LogP contribution is -1.99. The molecule has 104 valence electrons. The number of hydrogen-bond donors (Lipinski definition) is 0. The SMILES string of the molecule is Cc1nc(Sc2ncc(Br)cc2[N+](=O)[O-])nc(C)c1C. The molecule has 8 heteroatoms. The maximum Gasteiger partial charge on any atom is 0.302 e. The molecule has 0 bridgehead atoms. The Morgan fingerprint density at radius 2 is 1.85 bits per heavy atom. The van der Waals surface area contributed by atoms with Gasteiger partial charge in [-0.3, -0.25) is 10.1 Å². The van der Waals surface area contributed by atoms with Crippen LogP contribution in [-0.2, 0) is 0 Å². The van der Waals surface area contributed by atoms with Crippen molar-refractivity contribution in [1.82, 2.24) is 15.0 Å². The van der Waals surface area contributed by atoms with E-state index in [0.717, 1.165) is 28.7 Å². The average Bonchev–Trinajstić information content (AvgIpc) is 2.37. The van der Waals surface area contributed by atoms with Crippen LogP contribution in [0, 0.1) is 30.9 Å². The summed E-state index contributed by atoms with van der Waals surface area (Å²) in [4.78, 5) is 23.3. The fourth-order valence-corrected chi connectivity index (χ4v) is 2.70. The standard InChI is InChI=1S/C12H11BrN4O2S/c1-6-7(2)15-12(16-8(6)3)20-11-10(17(18)19)4-9(13)5-14-11/h4-5H,1-3H3. The van der Waals surface area contributed by atoms with Crippen LogP contribution in [0.25, 0.3) is 0 Å². The molecule has 0 aromatic carbocycles. The minimum absolute atomic E-state index is 0.0659. The Balaban J connectivity index is 2.42. The first-order valence-electron chi connectivity index (χ1n) is 5.68. The lowest BCUT2D eigenvalue weighted by atomic mass is 10.2. The zero-order chi connectivity index (χ0) is 14.9. The molecule has 2 rings (SSSR count). The Labute approximate surface area is 128 Å². The quantitative estimate of drug-likeness (QED) is 0.475. The largest absolute Gasteiger partial charge is 0.302 e. The Bertz CT molecular complexity index is 670. The minimum atomic E-state index is -0.464. The van der Waals surface area contributed by atoms with Crippen LogP contribution in [0.3, 0.4) is 0 Å². The normalized spacial score (nSPS) is 10.6. The maximum absolute atomic E-state index is 11.0. The van der Waals surface area contributed by atoms with Crippen molar-refractivity contribution in [2.45, 2.75) is 31.0 Å². The van der Waals surface area contributed by atoms with E-state index in [4.69, 9.17) is 0 Å². The third-order valence-corrected chi connectivity index (χ3v) is 4.10. The molecule has 20 heavy (non-hydrogen) atoms. The summed E-state index contributed by atoms with van der Waals surface area (Å²) in [5.41, 5.74) is 2.68. The van der Waals surface area contributed by atoms with Crippen molar-refractivity contribution >= 4 is 33.4 Å². The number of pyridine rings is 1. The minimum Gasteiger partial charge on any atom is -0.258 e. The topological polar surface area (TPSA) is 81.8 Å². The highest BCUT2D eigenvalue weighted by Gasteiger charge is 2.19. The molecule has 2 aromatic rings. The lowest BCUT2D eigenvalue weighted by Gasteiger charge is -2.06. The van der Waals surface area contributed by atoms with Gasteiger partial charge in [-0.15, -0.1) is 0 Å². The molecule has 0 saturated heterocycles. The summed E-state index contributed by atoms with van der Waals surface area (Å²) in [6.45, 7) is 5.72. The second-order valence-corrected chi connectivity index (χ2v) is 6.01. The van der Waals surface area contributed by atoms with Gasteiger partial charge in [-0.05, 0) is 54.0 Å². The number of aromatic nitrogens is 3. The second kappa shape index (κ2) is 5.84. The van der Waals surface area contributed by atoms with Gasteiger partial charge in [0.25, 0.3) is 0 Å². The molecular formula is C12H11BrN4O2S. The fourth-order valence-electron chi connectivity index (χ4n) is 1.50. The monoisotopic (exact) mass is 354 g/mol. The molecule has 0 fully saturated rings. The Kier molecular flexibility index (Phi) is 4.34. The van der Waals surface area contributed by atoms with Gasteiger partial charge in [0, 0.05) is 28.1 Å². The molecule has 0 aliphatic heterocycles. The van der Waals surface area contributed by atoms with Gasteiger partial charge >= 0.3 is 5.69 Å². The predicted octanol–water partition coefficient (Wildman–Crippen LogP) is 3.62. The van der Waals surface area contributed by atoms with Crippen molar-refractivity contribution in [3.63, 3.8) is 0 Å². The van der Waals surface area contributed by atoms with Crippen LogP contribution in [0.1, 0.15) is 17.0 Å². The lowest BCUT2D eigenvalue weighted by molar-refractivity contribution is -0.388. The fraction of sp³-hybridized carbons (Fsp3) is 0.250. The van der Waals surface area contributed by atoms with Crippen molar-refractivity contribution in [2.24, 2.45) is 0 Å². The van der Waals surface area contributed by atoms with Crippen LogP contribution in [-0.4, -0.2) is 19.9 Å². The number of nitrogens with zero attached hydrogens (tertiary/aromatic N) is 4. The molecule has 0 unspecified atom stereocenters. The van der Waals surface area contributed by atoms with Gasteiger partial charge in [0.2, 0.25) is 0 Å². The molecule has 0 aliphatic rings. The van der Waals surface area contributed by atoms with Crippen molar-refractivity contribution in [3.8, 4) is 0 Å². The van der Waals surface area contributed by atoms with Crippen molar-refractivity contribution < 1.29 is 4.92 Å². The Hall–Kier alpha value is -1.54. The van der Waals surface area contributed by atoms with E-state index < -0.39 is 4.92 Å². The zero-order valence-electron chi connectivity index (χ0n) is 11.0. The summed E-state index contributed by atoms with van der Waals surface area (Å²) >= 11 is 4.27. The van der Waals surface area contributed by atoms with Crippen LogP contribution in [0.2, 0.25) is 0 Å².